The Morgan fingerprint density at radius 1 is 0.566 bits per heavy atom. The zero-order valence-corrected chi connectivity index (χ0v) is 43.9. The fourth-order valence-corrected chi connectivity index (χ4v) is 10.3. The number of sulfonamides is 2. The minimum atomic E-state index is -4.16. The number of carbonyl (C=O) groups excluding carboxylic acids is 2. The molecule has 2 amide bonds. The molecule has 0 aliphatic rings. The van der Waals surface area contributed by atoms with Gasteiger partial charge in [0.1, 0.15) is 23.0 Å². The van der Waals surface area contributed by atoms with Crippen LogP contribution in [0.2, 0.25) is 0 Å². The Bertz CT molecular complexity index is 3620. The lowest BCUT2D eigenvalue weighted by Gasteiger charge is -2.14. The maximum absolute atomic E-state index is 13.9. The van der Waals surface area contributed by atoms with Gasteiger partial charge in [-0.2, -0.15) is 0 Å². The molecule has 0 saturated heterocycles. The SMILES string of the molecule is CNC(=O)[C@@H](C)Cn1cnc2ccc(-c3cnc(OC)c(NS(=O)(=O)c4cc(C)cc(F)c4)c3)cc2c1=O.CNC(=O)[C@H](C)Cn1cnc2ccc(-c3cnc(OC)c(NS(=O)(=O)c4cc(C)cc(F)c4)c3)cc2c1=O. The topological polar surface area (TPSA) is 265 Å². The minimum Gasteiger partial charge on any atom is -0.480 e. The second kappa shape index (κ2) is 22.9. The van der Waals surface area contributed by atoms with Crippen LogP contribution in [-0.4, -0.2) is 86.0 Å². The summed E-state index contributed by atoms with van der Waals surface area (Å²) in [5.41, 5.74) is 3.39. The van der Waals surface area contributed by atoms with Crippen LogP contribution in [0, 0.1) is 37.3 Å². The summed E-state index contributed by atoms with van der Waals surface area (Å²) < 4.78 is 97.7. The van der Waals surface area contributed by atoms with Crippen molar-refractivity contribution in [3.63, 3.8) is 0 Å². The van der Waals surface area contributed by atoms with E-state index >= 15 is 0 Å². The molecule has 4 N–H and O–H groups in total. The van der Waals surface area contributed by atoms with E-state index in [1.54, 1.807) is 64.1 Å². The average molecular weight is 1080 g/mol. The van der Waals surface area contributed by atoms with Crippen LogP contribution in [0.1, 0.15) is 25.0 Å². The van der Waals surface area contributed by atoms with E-state index in [1.807, 2.05) is 0 Å². The van der Waals surface area contributed by atoms with Gasteiger partial charge in [-0.15, -0.1) is 0 Å². The Balaban J connectivity index is 0.000000221. The van der Waals surface area contributed by atoms with Gasteiger partial charge in [0, 0.05) is 50.7 Å². The number of methoxy groups -OCH3 is 2. The molecule has 4 aromatic heterocycles. The number of hydrogen-bond donors (Lipinski definition) is 4. The molecule has 2 atom stereocenters. The number of ether oxygens (including phenoxy) is 2. The van der Waals surface area contributed by atoms with Crippen LogP contribution >= 0.6 is 0 Å². The molecule has 396 valence electrons. The first-order chi connectivity index (χ1) is 36.0. The van der Waals surface area contributed by atoms with E-state index in [0.717, 1.165) is 12.1 Å². The standard InChI is InChI=1S/2C26H26FN5O5S/c2*1-15-7-19(27)11-20(8-15)38(35,36)31-23-10-18(12-29-25(23)37-4)17-5-6-22-21(9-17)26(34)32(14-30-22)13-16(2)24(33)28-3/h2*5-12,14,16,31H,13H2,1-4H3,(H,28,33)/t2*16-/m10/s1. The quantitative estimate of drug-likeness (QED) is 0.0841. The van der Waals surface area contributed by atoms with Crippen LogP contribution in [0.5, 0.6) is 11.8 Å². The molecule has 0 aliphatic carbocycles. The van der Waals surface area contributed by atoms with Crippen molar-refractivity contribution in [2.45, 2.75) is 50.6 Å². The maximum Gasteiger partial charge on any atom is 0.262 e. The molecule has 0 radical (unpaired) electrons. The number of carbonyl (C=O) groups is 2. The predicted octanol–water partition coefficient (Wildman–Crippen LogP) is 6.20. The summed E-state index contributed by atoms with van der Waals surface area (Å²) in [6, 6.07) is 20.1. The van der Waals surface area contributed by atoms with Crippen LogP contribution in [0.3, 0.4) is 0 Å². The van der Waals surface area contributed by atoms with Crippen molar-refractivity contribution in [1.82, 2.24) is 39.7 Å². The number of nitrogens with zero attached hydrogens (tertiary/aromatic N) is 6. The molecule has 24 heteroatoms. The molecule has 4 heterocycles. The minimum absolute atomic E-state index is 0.0125. The summed E-state index contributed by atoms with van der Waals surface area (Å²) in [5.74, 6) is -2.60. The third-order valence-electron chi connectivity index (χ3n) is 11.9. The van der Waals surface area contributed by atoms with Gasteiger partial charge in [0.15, 0.2) is 0 Å². The summed E-state index contributed by atoms with van der Waals surface area (Å²) >= 11 is 0. The third-order valence-corrected chi connectivity index (χ3v) is 14.6. The number of nitrogens with one attached hydrogen (secondary N) is 4. The maximum atomic E-state index is 13.9. The fraction of sp³-hybridized carbons (Fsp3) is 0.231. The Morgan fingerprint density at radius 2 is 0.947 bits per heavy atom. The largest absolute Gasteiger partial charge is 0.480 e. The van der Waals surface area contributed by atoms with Crippen LogP contribution in [0.15, 0.2) is 129 Å². The first-order valence-corrected chi connectivity index (χ1v) is 26.1. The monoisotopic (exact) mass is 1080 g/mol. The van der Waals surface area contributed by atoms with Crippen LogP contribution < -0.4 is 40.7 Å². The van der Waals surface area contributed by atoms with Gasteiger partial charge < -0.3 is 20.1 Å². The van der Waals surface area contributed by atoms with Crippen molar-refractivity contribution >= 4 is 65.0 Å². The number of halogens is 2. The lowest BCUT2D eigenvalue weighted by atomic mass is 10.0. The predicted molar refractivity (Wildman–Crippen MR) is 282 cm³/mol. The number of aryl methyl sites for hydroxylation is 2. The third kappa shape index (κ3) is 12.5. The van der Waals surface area contributed by atoms with Crippen LogP contribution in [0.25, 0.3) is 44.1 Å². The molecule has 8 rings (SSSR count). The van der Waals surface area contributed by atoms with E-state index in [2.05, 4.69) is 40.0 Å². The zero-order valence-electron chi connectivity index (χ0n) is 42.3. The highest BCUT2D eigenvalue weighted by molar-refractivity contribution is 7.93. The van der Waals surface area contributed by atoms with Crippen molar-refractivity contribution in [1.29, 1.82) is 0 Å². The molecule has 0 aliphatic heterocycles. The second-order valence-electron chi connectivity index (χ2n) is 17.6. The summed E-state index contributed by atoms with van der Waals surface area (Å²) in [6.07, 6.45) is 5.76. The van der Waals surface area contributed by atoms with Crippen molar-refractivity contribution in [2.24, 2.45) is 11.8 Å². The Morgan fingerprint density at radius 3 is 1.29 bits per heavy atom. The number of hydrogen-bond acceptors (Lipinski definition) is 14. The molecule has 20 nitrogen and oxygen atoms in total. The number of anilines is 2. The normalized spacial score (nSPS) is 12.2. The molecule has 0 spiro atoms. The van der Waals surface area contributed by atoms with E-state index in [0.29, 0.717) is 55.2 Å². The van der Waals surface area contributed by atoms with E-state index in [1.165, 1.54) is 98.9 Å². The number of benzene rings is 4. The van der Waals surface area contributed by atoms with Crippen LogP contribution in [-0.2, 0) is 42.7 Å². The summed E-state index contributed by atoms with van der Waals surface area (Å²) in [5, 5.41) is 5.76. The van der Waals surface area contributed by atoms with E-state index in [-0.39, 0.29) is 68.9 Å². The van der Waals surface area contributed by atoms with Crippen molar-refractivity contribution in [3.05, 3.63) is 153 Å². The van der Waals surface area contributed by atoms with Gasteiger partial charge in [-0.25, -0.2) is 45.6 Å². The van der Waals surface area contributed by atoms with E-state index < -0.39 is 43.5 Å². The van der Waals surface area contributed by atoms with Crippen molar-refractivity contribution < 1.29 is 44.7 Å². The van der Waals surface area contributed by atoms with Gasteiger partial charge in [0.25, 0.3) is 31.2 Å². The fourth-order valence-electron chi connectivity index (χ4n) is 8.00. The number of amides is 2. The Hall–Kier alpha value is -8.64. The average Bonchev–Trinajstić information content (AvgIpc) is 3.39. The number of aromatic nitrogens is 6. The highest BCUT2D eigenvalue weighted by Crippen LogP contribution is 2.33. The molecule has 76 heavy (non-hydrogen) atoms. The number of pyridine rings is 2. The number of rotatable bonds is 16. The van der Waals surface area contributed by atoms with Gasteiger partial charge in [-0.3, -0.25) is 37.8 Å². The number of fused-ring (bicyclic) bond motifs is 2. The zero-order chi connectivity index (χ0) is 55.2. The second-order valence-corrected chi connectivity index (χ2v) is 21.0. The highest BCUT2D eigenvalue weighted by Gasteiger charge is 2.23. The smallest absolute Gasteiger partial charge is 0.262 e. The van der Waals surface area contributed by atoms with E-state index in [9.17, 15) is 44.8 Å². The molecule has 0 unspecified atom stereocenters. The van der Waals surface area contributed by atoms with Gasteiger partial charge in [0.05, 0.1) is 70.3 Å². The van der Waals surface area contributed by atoms with Gasteiger partial charge in [-0.05, 0) is 109 Å². The van der Waals surface area contributed by atoms with E-state index in [4.69, 9.17) is 9.47 Å². The van der Waals surface area contributed by atoms with Gasteiger partial charge in [-0.1, -0.05) is 26.0 Å². The molecule has 0 saturated carbocycles. The first kappa shape index (κ1) is 55.1. The molecular formula is C52H52F2N10O10S2. The Kier molecular flexibility index (Phi) is 16.6. The molecular weight excluding hydrogens is 1030 g/mol. The molecule has 4 aromatic carbocycles. The van der Waals surface area contributed by atoms with Crippen LogP contribution in [0.4, 0.5) is 20.2 Å². The Labute approximate surface area is 435 Å². The van der Waals surface area contributed by atoms with Gasteiger partial charge >= 0.3 is 0 Å². The molecule has 8 aromatic rings. The molecule has 0 fully saturated rings. The lowest BCUT2D eigenvalue weighted by molar-refractivity contribution is -0.125. The summed E-state index contributed by atoms with van der Waals surface area (Å²) in [7, 11) is -2.58. The summed E-state index contributed by atoms with van der Waals surface area (Å²) in [4.78, 5) is 66.7. The van der Waals surface area contributed by atoms with Crippen molar-refractivity contribution in [3.8, 4) is 34.0 Å². The van der Waals surface area contributed by atoms with Crippen molar-refractivity contribution in [2.75, 3.05) is 37.8 Å². The lowest BCUT2D eigenvalue weighted by Crippen LogP contribution is -2.32. The van der Waals surface area contributed by atoms with Gasteiger partial charge in [0.2, 0.25) is 23.6 Å². The summed E-state index contributed by atoms with van der Waals surface area (Å²) in [6.45, 7) is 6.91. The first-order valence-electron chi connectivity index (χ1n) is 23.1. The molecule has 0 bridgehead atoms. The highest BCUT2D eigenvalue weighted by atomic mass is 32.2.